The standard InChI is InChI=1S/C22H15BrO5/c1-12(2)11-26-15-4-5-16-17(10-21(24)27-20(16)9-15)18-8-13-7-14(23)3-6-19(13)28-22(18)25/h3-10H,1,11H2,2H3. The number of hydrogen-bond acceptors (Lipinski definition) is 5. The van der Waals surface area contributed by atoms with E-state index in [0.717, 1.165) is 15.4 Å². The molecule has 0 atom stereocenters. The van der Waals surface area contributed by atoms with Crippen LogP contribution in [0.15, 0.2) is 83.6 Å². The van der Waals surface area contributed by atoms with Crippen molar-refractivity contribution in [2.75, 3.05) is 6.61 Å². The van der Waals surface area contributed by atoms with E-state index in [1.807, 2.05) is 13.0 Å². The van der Waals surface area contributed by atoms with Gasteiger partial charge in [-0.15, -0.1) is 0 Å². The molecule has 0 saturated heterocycles. The minimum Gasteiger partial charge on any atom is -0.489 e. The minimum absolute atomic E-state index is 0.291. The first kappa shape index (κ1) is 18.3. The lowest BCUT2D eigenvalue weighted by molar-refractivity contribution is 0.352. The van der Waals surface area contributed by atoms with Crippen molar-refractivity contribution in [3.63, 3.8) is 0 Å². The lowest BCUT2D eigenvalue weighted by atomic mass is 10.0. The van der Waals surface area contributed by atoms with Gasteiger partial charge in [-0.25, -0.2) is 9.59 Å². The zero-order chi connectivity index (χ0) is 19.8. The molecule has 2 heterocycles. The van der Waals surface area contributed by atoms with Crippen LogP contribution in [0.3, 0.4) is 0 Å². The fourth-order valence-corrected chi connectivity index (χ4v) is 3.32. The first-order chi connectivity index (χ1) is 13.4. The van der Waals surface area contributed by atoms with Gasteiger partial charge in [0.05, 0.1) is 5.56 Å². The summed E-state index contributed by atoms with van der Waals surface area (Å²) in [5.41, 5.74) is 1.33. The molecule has 0 aliphatic carbocycles. The van der Waals surface area contributed by atoms with Crippen LogP contribution in [-0.2, 0) is 0 Å². The summed E-state index contributed by atoms with van der Waals surface area (Å²) in [4.78, 5) is 24.7. The van der Waals surface area contributed by atoms with Gasteiger partial charge in [-0.1, -0.05) is 22.5 Å². The molecule has 0 unspecified atom stereocenters. The molecule has 2 aromatic heterocycles. The molecule has 0 N–H and O–H groups in total. The second-order valence-corrected chi connectivity index (χ2v) is 7.43. The maximum absolute atomic E-state index is 12.6. The minimum atomic E-state index is -0.562. The van der Waals surface area contributed by atoms with Gasteiger partial charge in [-0.3, -0.25) is 0 Å². The second-order valence-electron chi connectivity index (χ2n) is 6.51. The lowest BCUT2D eigenvalue weighted by Gasteiger charge is -2.09. The molecular formula is C22H15BrO5. The van der Waals surface area contributed by atoms with E-state index < -0.39 is 11.3 Å². The maximum atomic E-state index is 12.6. The summed E-state index contributed by atoms with van der Waals surface area (Å²) < 4.78 is 17.2. The second kappa shape index (κ2) is 7.13. The van der Waals surface area contributed by atoms with Gasteiger partial charge in [0.1, 0.15) is 23.5 Å². The number of hydrogen-bond donors (Lipinski definition) is 0. The van der Waals surface area contributed by atoms with E-state index in [1.54, 1.807) is 36.4 Å². The number of benzene rings is 2. The third-order valence-electron chi connectivity index (χ3n) is 4.19. The monoisotopic (exact) mass is 438 g/mol. The van der Waals surface area contributed by atoms with E-state index in [4.69, 9.17) is 13.6 Å². The summed E-state index contributed by atoms with van der Waals surface area (Å²) in [6.07, 6.45) is 0. The molecule has 2 aromatic carbocycles. The summed E-state index contributed by atoms with van der Waals surface area (Å²) >= 11 is 3.41. The zero-order valence-corrected chi connectivity index (χ0v) is 16.5. The van der Waals surface area contributed by atoms with Gasteiger partial charge in [0.15, 0.2) is 0 Å². The Bertz CT molecular complexity index is 1350. The Balaban J connectivity index is 1.92. The zero-order valence-electron chi connectivity index (χ0n) is 15.0. The molecule has 0 bridgehead atoms. The van der Waals surface area contributed by atoms with Crippen LogP contribution in [0.4, 0.5) is 0 Å². The van der Waals surface area contributed by atoms with Crippen LogP contribution in [0.2, 0.25) is 0 Å². The van der Waals surface area contributed by atoms with E-state index in [0.29, 0.717) is 40.0 Å². The summed E-state index contributed by atoms with van der Waals surface area (Å²) in [6, 6.07) is 13.5. The Kier molecular flexibility index (Phi) is 4.65. The number of ether oxygens (including phenoxy) is 1. The Hall–Kier alpha value is -3.12. The fourth-order valence-electron chi connectivity index (χ4n) is 2.94. The van der Waals surface area contributed by atoms with Crippen molar-refractivity contribution < 1.29 is 13.6 Å². The molecule has 140 valence electrons. The van der Waals surface area contributed by atoms with Gasteiger partial charge in [0, 0.05) is 32.9 Å². The first-order valence-corrected chi connectivity index (χ1v) is 9.29. The predicted molar refractivity (Wildman–Crippen MR) is 112 cm³/mol. The van der Waals surface area contributed by atoms with Crippen LogP contribution in [-0.4, -0.2) is 6.61 Å². The van der Waals surface area contributed by atoms with E-state index >= 15 is 0 Å². The highest BCUT2D eigenvalue weighted by Crippen LogP contribution is 2.30. The Labute approximate surface area is 168 Å². The van der Waals surface area contributed by atoms with Crippen molar-refractivity contribution in [1.29, 1.82) is 0 Å². The Morgan fingerprint density at radius 1 is 1.00 bits per heavy atom. The summed E-state index contributed by atoms with van der Waals surface area (Å²) in [7, 11) is 0. The Morgan fingerprint density at radius 2 is 1.82 bits per heavy atom. The van der Waals surface area contributed by atoms with Gasteiger partial charge in [0.2, 0.25) is 0 Å². The summed E-state index contributed by atoms with van der Waals surface area (Å²) in [6.45, 7) is 6.01. The molecule has 28 heavy (non-hydrogen) atoms. The number of halogens is 1. The van der Waals surface area contributed by atoms with E-state index in [1.165, 1.54) is 6.07 Å². The quantitative estimate of drug-likeness (QED) is 0.320. The van der Waals surface area contributed by atoms with Crippen LogP contribution in [0.25, 0.3) is 33.1 Å². The largest absolute Gasteiger partial charge is 0.489 e. The van der Waals surface area contributed by atoms with Gasteiger partial charge in [-0.05, 0) is 48.9 Å². The molecule has 0 fully saturated rings. The molecule has 0 saturated carbocycles. The van der Waals surface area contributed by atoms with Crippen LogP contribution < -0.4 is 16.0 Å². The van der Waals surface area contributed by atoms with Gasteiger partial charge < -0.3 is 13.6 Å². The van der Waals surface area contributed by atoms with Crippen LogP contribution in [0.5, 0.6) is 5.75 Å². The van der Waals surface area contributed by atoms with Crippen molar-refractivity contribution in [1.82, 2.24) is 0 Å². The van der Waals surface area contributed by atoms with Crippen molar-refractivity contribution in [2.45, 2.75) is 6.92 Å². The fraction of sp³-hybridized carbons (Fsp3) is 0.0909. The van der Waals surface area contributed by atoms with E-state index in [2.05, 4.69) is 22.5 Å². The lowest BCUT2D eigenvalue weighted by Crippen LogP contribution is -2.06. The topological polar surface area (TPSA) is 69.7 Å². The summed E-state index contributed by atoms with van der Waals surface area (Å²) in [5.74, 6) is 0.547. The molecule has 0 radical (unpaired) electrons. The van der Waals surface area contributed by atoms with E-state index in [-0.39, 0.29) is 0 Å². The highest BCUT2D eigenvalue weighted by molar-refractivity contribution is 9.10. The Morgan fingerprint density at radius 3 is 2.61 bits per heavy atom. The number of fused-ring (bicyclic) bond motifs is 2. The molecule has 0 aliphatic heterocycles. The molecule has 0 spiro atoms. The highest BCUT2D eigenvalue weighted by Gasteiger charge is 2.14. The van der Waals surface area contributed by atoms with Gasteiger partial charge in [-0.2, -0.15) is 0 Å². The predicted octanol–water partition coefficient (Wildman–Crippen LogP) is 5.28. The average Bonchev–Trinajstić information content (AvgIpc) is 2.65. The van der Waals surface area contributed by atoms with Crippen molar-refractivity contribution in [2.24, 2.45) is 0 Å². The highest BCUT2D eigenvalue weighted by atomic mass is 79.9. The SMILES string of the molecule is C=C(C)COc1ccc2c(-c3cc4cc(Br)ccc4oc3=O)cc(=O)oc2c1. The smallest absolute Gasteiger partial charge is 0.344 e. The van der Waals surface area contributed by atoms with Crippen molar-refractivity contribution >= 4 is 37.9 Å². The molecule has 4 rings (SSSR count). The maximum Gasteiger partial charge on any atom is 0.344 e. The average molecular weight is 439 g/mol. The van der Waals surface area contributed by atoms with Crippen molar-refractivity contribution in [3.05, 3.63) is 86.0 Å². The molecule has 0 aliphatic rings. The van der Waals surface area contributed by atoms with Gasteiger partial charge >= 0.3 is 11.3 Å². The molecular weight excluding hydrogens is 424 g/mol. The summed E-state index contributed by atoms with van der Waals surface area (Å²) in [5, 5.41) is 1.36. The molecule has 0 amide bonds. The molecule has 4 aromatic rings. The van der Waals surface area contributed by atoms with Crippen molar-refractivity contribution in [3.8, 4) is 16.9 Å². The van der Waals surface area contributed by atoms with Crippen LogP contribution in [0.1, 0.15) is 6.92 Å². The third-order valence-corrected chi connectivity index (χ3v) is 4.68. The molecule has 6 heteroatoms. The van der Waals surface area contributed by atoms with Crippen LogP contribution in [0, 0.1) is 0 Å². The third kappa shape index (κ3) is 3.51. The van der Waals surface area contributed by atoms with Crippen LogP contribution >= 0.6 is 15.9 Å². The van der Waals surface area contributed by atoms with Gasteiger partial charge in [0.25, 0.3) is 0 Å². The number of rotatable bonds is 4. The normalized spacial score (nSPS) is 11.1. The first-order valence-electron chi connectivity index (χ1n) is 8.49. The molecule has 5 nitrogen and oxygen atoms in total. The van der Waals surface area contributed by atoms with E-state index in [9.17, 15) is 9.59 Å².